The highest BCUT2D eigenvalue weighted by Crippen LogP contribution is 2.09. The highest BCUT2D eigenvalue weighted by Gasteiger charge is 2.33. The van der Waals surface area contributed by atoms with Gasteiger partial charge in [-0.05, 0) is 20.3 Å². The first-order chi connectivity index (χ1) is 7.07. The fourth-order valence-electron chi connectivity index (χ4n) is 1.65. The molecule has 0 atom stereocenters. The van der Waals surface area contributed by atoms with Gasteiger partial charge in [0.15, 0.2) is 0 Å². The molecule has 0 radical (unpaired) electrons. The van der Waals surface area contributed by atoms with E-state index in [9.17, 15) is 9.59 Å². The summed E-state index contributed by atoms with van der Waals surface area (Å²) in [5, 5.41) is 0. The number of carbonyl (C=O) groups is 2. The van der Waals surface area contributed by atoms with Crippen molar-refractivity contribution in [3.63, 3.8) is 0 Å². The van der Waals surface area contributed by atoms with E-state index in [0.29, 0.717) is 25.5 Å². The average Bonchev–Trinajstić information content (AvgIpc) is 2.20. The van der Waals surface area contributed by atoms with Crippen LogP contribution in [0.5, 0.6) is 0 Å². The number of hydrogen-bond acceptors (Lipinski definition) is 2. The molecule has 0 aliphatic carbocycles. The Labute approximate surface area is 95.2 Å². The molecule has 86 valence electrons. The summed E-state index contributed by atoms with van der Waals surface area (Å²) in [6.45, 7) is 5.67. The lowest BCUT2D eigenvalue weighted by Gasteiger charge is -2.35. The predicted molar refractivity (Wildman–Crippen MR) is 58.8 cm³/mol. The summed E-state index contributed by atoms with van der Waals surface area (Å²) in [6, 6.07) is 0.0941. The van der Waals surface area contributed by atoms with Crippen molar-refractivity contribution in [3.05, 3.63) is 0 Å². The van der Waals surface area contributed by atoms with E-state index in [1.165, 1.54) is 0 Å². The Morgan fingerprint density at radius 2 is 1.93 bits per heavy atom. The minimum absolute atomic E-state index is 0.0941. The van der Waals surface area contributed by atoms with Gasteiger partial charge in [0, 0.05) is 31.6 Å². The van der Waals surface area contributed by atoms with Gasteiger partial charge in [-0.15, -0.1) is 11.6 Å². The van der Waals surface area contributed by atoms with Crippen LogP contribution in [0.25, 0.3) is 0 Å². The van der Waals surface area contributed by atoms with Gasteiger partial charge in [0.2, 0.25) is 0 Å². The highest BCUT2D eigenvalue weighted by molar-refractivity contribution is 6.35. The Hall–Kier alpha value is -0.770. The van der Waals surface area contributed by atoms with E-state index in [4.69, 9.17) is 11.6 Å². The second-order valence-electron chi connectivity index (χ2n) is 3.93. The molecule has 5 heteroatoms. The molecule has 1 fully saturated rings. The summed E-state index contributed by atoms with van der Waals surface area (Å²) < 4.78 is 0. The zero-order valence-electron chi connectivity index (χ0n) is 9.20. The van der Waals surface area contributed by atoms with Crippen LogP contribution in [0.2, 0.25) is 0 Å². The van der Waals surface area contributed by atoms with Gasteiger partial charge in [-0.25, -0.2) is 0 Å². The molecule has 0 aromatic carbocycles. The van der Waals surface area contributed by atoms with Crippen LogP contribution in [0.1, 0.15) is 20.3 Å². The molecular formula is C10H17ClN2O2. The van der Waals surface area contributed by atoms with Crippen LogP contribution in [0.3, 0.4) is 0 Å². The molecule has 0 N–H and O–H groups in total. The molecule has 4 nitrogen and oxygen atoms in total. The fraction of sp³-hybridized carbons (Fsp3) is 0.800. The number of hydrogen-bond donors (Lipinski definition) is 0. The lowest BCUT2D eigenvalue weighted by molar-refractivity contribution is -0.157. The van der Waals surface area contributed by atoms with Crippen molar-refractivity contribution >= 4 is 23.4 Å². The first kappa shape index (κ1) is 12.3. The van der Waals surface area contributed by atoms with Gasteiger partial charge in [-0.2, -0.15) is 0 Å². The summed E-state index contributed by atoms with van der Waals surface area (Å²) in [5.74, 6) is -0.253. The third kappa shape index (κ3) is 2.84. The van der Waals surface area contributed by atoms with Crippen molar-refractivity contribution in [1.29, 1.82) is 0 Å². The lowest BCUT2D eigenvalue weighted by atomic mass is 10.2. The molecule has 0 spiro atoms. The normalized spacial score (nSPS) is 17.9. The monoisotopic (exact) mass is 232 g/mol. The maximum absolute atomic E-state index is 11.6. The van der Waals surface area contributed by atoms with Gasteiger partial charge in [-0.1, -0.05) is 0 Å². The molecule has 0 aromatic rings. The number of alkyl halides is 1. The van der Waals surface area contributed by atoms with E-state index in [1.54, 1.807) is 9.80 Å². The Bertz CT molecular complexity index is 256. The maximum Gasteiger partial charge on any atom is 0.312 e. The Morgan fingerprint density at radius 1 is 1.27 bits per heavy atom. The van der Waals surface area contributed by atoms with Crippen molar-refractivity contribution in [2.45, 2.75) is 26.3 Å². The van der Waals surface area contributed by atoms with E-state index in [2.05, 4.69) is 0 Å². The van der Waals surface area contributed by atoms with E-state index < -0.39 is 0 Å². The quantitative estimate of drug-likeness (QED) is 0.529. The summed E-state index contributed by atoms with van der Waals surface area (Å²) in [5.41, 5.74) is 0. The van der Waals surface area contributed by atoms with Gasteiger partial charge in [0.25, 0.3) is 0 Å². The molecule has 1 rings (SSSR count). The molecule has 1 saturated heterocycles. The molecular weight excluding hydrogens is 216 g/mol. The third-order valence-electron chi connectivity index (χ3n) is 2.53. The zero-order valence-corrected chi connectivity index (χ0v) is 9.96. The molecule has 15 heavy (non-hydrogen) atoms. The Kier molecular flexibility index (Phi) is 4.39. The number of amides is 2. The molecule has 0 bridgehead atoms. The van der Waals surface area contributed by atoms with Crippen LogP contribution < -0.4 is 0 Å². The van der Waals surface area contributed by atoms with Gasteiger partial charge in [0.1, 0.15) is 0 Å². The summed E-state index contributed by atoms with van der Waals surface area (Å²) >= 11 is 5.55. The molecule has 0 unspecified atom stereocenters. The van der Waals surface area contributed by atoms with E-state index in [1.807, 2.05) is 13.8 Å². The van der Waals surface area contributed by atoms with Gasteiger partial charge >= 0.3 is 11.8 Å². The first-order valence-electron chi connectivity index (χ1n) is 5.23. The number of carbonyl (C=O) groups excluding carboxylic acids is 2. The fourth-order valence-corrected chi connectivity index (χ4v) is 1.77. The summed E-state index contributed by atoms with van der Waals surface area (Å²) in [6.07, 6.45) is 0.738. The molecule has 1 heterocycles. The lowest BCUT2D eigenvalue weighted by Crippen LogP contribution is -2.56. The molecule has 0 saturated carbocycles. The molecule has 1 aliphatic heterocycles. The molecule has 2 amide bonds. The van der Waals surface area contributed by atoms with Crippen LogP contribution >= 0.6 is 11.6 Å². The number of nitrogens with zero attached hydrogens (tertiary/aromatic N) is 2. The summed E-state index contributed by atoms with van der Waals surface area (Å²) in [7, 11) is 0. The smallest absolute Gasteiger partial charge is 0.312 e. The van der Waals surface area contributed by atoms with Crippen molar-refractivity contribution in [2.75, 3.05) is 25.5 Å². The van der Waals surface area contributed by atoms with Gasteiger partial charge in [-0.3, -0.25) is 9.59 Å². The molecule has 0 aromatic heterocycles. The predicted octanol–water partition coefficient (Wildman–Crippen LogP) is 0.695. The van der Waals surface area contributed by atoms with Crippen LogP contribution in [-0.2, 0) is 9.59 Å². The van der Waals surface area contributed by atoms with Crippen molar-refractivity contribution in [1.82, 2.24) is 9.80 Å². The molecule has 1 aliphatic rings. The number of halogens is 1. The third-order valence-corrected chi connectivity index (χ3v) is 2.79. The number of rotatable bonds is 4. The van der Waals surface area contributed by atoms with Crippen LogP contribution in [0.4, 0.5) is 0 Å². The second kappa shape index (κ2) is 5.35. The Morgan fingerprint density at radius 3 is 2.47 bits per heavy atom. The van der Waals surface area contributed by atoms with Crippen molar-refractivity contribution < 1.29 is 9.59 Å². The Balaban J connectivity index is 2.57. The van der Waals surface area contributed by atoms with E-state index in [-0.39, 0.29) is 17.9 Å². The number of piperazine rings is 1. The standard InChI is InChI=1S/C10H17ClN2O2/c1-8(2)13-7-6-12(5-3-4-11)9(14)10(13)15/h8H,3-7H2,1-2H3. The SMILES string of the molecule is CC(C)N1CCN(CCCCl)C(=O)C1=O. The second-order valence-corrected chi connectivity index (χ2v) is 4.30. The van der Waals surface area contributed by atoms with E-state index in [0.717, 1.165) is 6.42 Å². The van der Waals surface area contributed by atoms with Crippen LogP contribution in [0.15, 0.2) is 0 Å². The highest BCUT2D eigenvalue weighted by atomic mass is 35.5. The average molecular weight is 233 g/mol. The minimum atomic E-state index is -0.389. The largest absolute Gasteiger partial charge is 0.333 e. The summed E-state index contributed by atoms with van der Waals surface area (Å²) in [4.78, 5) is 26.5. The maximum atomic E-state index is 11.6. The van der Waals surface area contributed by atoms with Crippen molar-refractivity contribution in [2.24, 2.45) is 0 Å². The zero-order chi connectivity index (χ0) is 11.4. The van der Waals surface area contributed by atoms with Crippen molar-refractivity contribution in [3.8, 4) is 0 Å². The van der Waals surface area contributed by atoms with Gasteiger partial charge in [0.05, 0.1) is 0 Å². The van der Waals surface area contributed by atoms with E-state index >= 15 is 0 Å². The van der Waals surface area contributed by atoms with Crippen LogP contribution in [0, 0.1) is 0 Å². The van der Waals surface area contributed by atoms with Gasteiger partial charge < -0.3 is 9.80 Å². The first-order valence-corrected chi connectivity index (χ1v) is 5.77. The minimum Gasteiger partial charge on any atom is -0.333 e. The van der Waals surface area contributed by atoms with Crippen LogP contribution in [-0.4, -0.2) is 53.2 Å². The topological polar surface area (TPSA) is 40.6 Å².